The van der Waals surface area contributed by atoms with Crippen LogP contribution >= 0.6 is 0 Å². The maximum Gasteiger partial charge on any atom is 0.223 e. The van der Waals surface area contributed by atoms with Crippen molar-refractivity contribution < 1.29 is 9.59 Å². The molecular weight excluding hydrogens is 190 g/mol. The Morgan fingerprint density at radius 1 is 1.27 bits per heavy atom. The first-order chi connectivity index (χ1) is 7.20. The molecule has 0 unspecified atom stereocenters. The van der Waals surface area contributed by atoms with Crippen molar-refractivity contribution in [1.29, 1.82) is 0 Å². The van der Waals surface area contributed by atoms with Gasteiger partial charge in [-0.1, -0.05) is 24.3 Å². The van der Waals surface area contributed by atoms with Crippen molar-refractivity contribution in [3.63, 3.8) is 0 Å². The van der Waals surface area contributed by atoms with Gasteiger partial charge in [-0.2, -0.15) is 0 Å². The monoisotopic (exact) mass is 201 g/mol. The third kappa shape index (κ3) is 0.950. The topological polar surface area (TPSA) is 37.4 Å². The maximum atomic E-state index is 12.0. The fourth-order valence-corrected chi connectivity index (χ4v) is 2.71. The Balaban J connectivity index is 2.18. The van der Waals surface area contributed by atoms with Crippen molar-refractivity contribution in [3.8, 4) is 0 Å². The van der Waals surface area contributed by atoms with Crippen LogP contribution in [0.5, 0.6) is 0 Å². The Labute approximate surface area is 87.7 Å². The smallest absolute Gasteiger partial charge is 0.223 e. The standard InChI is InChI=1S/C12H11NO2/c1-13-10(14)6-9-11(13)7-4-2-3-5-8(7)12(9)15/h2-5,9,11H,6H2,1H3/t9-,11-/m1/s1. The van der Waals surface area contributed by atoms with Crippen LogP contribution in [-0.2, 0) is 4.79 Å². The van der Waals surface area contributed by atoms with E-state index in [-0.39, 0.29) is 23.7 Å². The summed E-state index contributed by atoms with van der Waals surface area (Å²) >= 11 is 0. The molecule has 0 radical (unpaired) electrons. The van der Waals surface area contributed by atoms with Crippen LogP contribution in [0.25, 0.3) is 0 Å². The Kier molecular flexibility index (Phi) is 1.55. The van der Waals surface area contributed by atoms with Crippen LogP contribution in [-0.4, -0.2) is 23.6 Å². The van der Waals surface area contributed by atoms with E-state index in [1.165, 1.54) is 0 Å². The Hall–Kier alpha value is -1.64. The molecule has 0 saturated carbocycles. The van der Waals surface area contributed by atoms with E-state index in [0.29, 0.717) is 6.42 Å². The van der Waals surface area contributed by atoms with Crippen molar-refractivity contribution in [3.05, 3.63) is 35.4 Å². The predicted molar refractivity (Wildman–Crippen MR) is 54.4 cm³/mol. The summed E-state index contributed by atoms with van der Waals surface area (Å²) in [5, 5.41) is 0. The third-order valence-corrected chi connectivity index (χ3v) is 3.47. The van der Waals surface area contributed by atoms with E-state index in [1.54, 1.807) is 11.9 Å². The van der Waals surface area contributed by atoms with Crippen LogP contribution in [0.3, 0.4) is 0 Å². The number of hydrogen-bond acceptors (Lipinski definition) is 2. The Morgan fingerprint density at radius 2 is 2.00 bits per heavy atom. The zero-order valence-corrected chi connectivity index (χ0v) is 8.43. The zero-order chi connectivity index (χ0) is 10.6. The number of nitrogens with zero attached hydrogens (tertiary/aromatic N) is 1. The summed E-state index contributed by atoms with van der Waals surface area (Å²) in [5.41, 5.74) is 1.81. The predicted octanol–water partition coefficient (Wildman–Crippen LogP) is 1.40. The van der Waals surface area contributed by atoms with Crippen molar-refractivity contribution in [2.24, 2.45) is 5.92 Å². The number of ketones is 1. The molecule has 76 valence electrons. The summed E-state index contributed by atoms with van der Waals surface area (Å²) in [5.74, 6) is 0.0704. The molecule has 1 amide bonds. The van der Waals surface area contributed by atoms with Gasteiger partial charge in [0.2, 0.25) is 5.91 Å². The first-order valence-corrected chi connectivity index (χ1v) is 5.09. The SMILES string of the molecule is CN1C(=O)C[C@H]2C(=O)c3ccccc3[C@H]21. The molecule has 1 saturated heterocycles. The molecule has 15 heavy (non-hydrogen) atoms. The highest BCUT2D eigenvalue weighted by molar-refractivity contribution is 6.06. The Bertz CT molecular complexity index is 466. The molecule has 1 aliphatic carbocycles. The van der Waals surface area contributed by atoms with Gasteiger partial charge >= 0.3 is 0 Å². The van der Waals surface area contributed by atoms with E-state index in [4.69, 9.17) is 0 Å². The molecule has 0 spiro atoms. The second kappa shape index (κ2) is 2.69. The molecule has 0 bridgehead atoms. The fraction of sp³-hybridized carbons (Fsp3) is 0.333. The highest BCUT2D eigenvalue weighted by Gasteiger charge is 2.48. The number of rotatable bonds is 0. The number of Topliss-reactive ketones (excluding diaryl/α,β-unsaturated/α-hetero) is 1. The molecule has 1 fully saturated rings. The van der Waals surface area contributed by atoms with Gasteiger partial charge in [-0.3, -0.25) is 9.59 Å². The molecule has 3 heteroatoms. The van der Waals surface area contributed by atoms with Gasteiger partial charge in [0.15, 0.2) is 5.78 Å². The first kappa shape index (κ1) is 8.65. The van der Waals surface area contributed by atoms with Gasteiger partial charge < -0.3 is 4.90 Å². The van der Waals surface area contributed by atoms with E-state index in [0.717, 1.165) is 11.1 Å². The number of carbonyl (C=O) groups excluding carboxylic acids is 2. The summed E-state index contributed by atoms with van der Waals surface area (Å²) in [7, 11) is 1.78. The lowest BCUT2D eigenvalue weighted by Crippen LogP contribution is -2.22. The lowest BCUT2D eigenvalue weighted by Gasteiger charge is -2.18. The molecule has 2 aliphatic rings. The fourth-order valence-electron chi connectivity index (χ4n) is 2.71. The van der Waals surface area contributed by atoms with Gasteiger partial charge in [-0.05, 0) is 5.56 Å². The van der Waals surface area contributed by atoms with Crippen LogP contribution in [0.1, 0.15) is 28.4 Å². The molecule has 3 rings (SSSR count). The minimum absolute atomic E-state index is 0.0128. The zero-order valence-electron chi connectivity index (χ0n) is 8.43. The van der Waals surface area contributed by atoms with E-state index in [9.17, 15) is 9.59 Å². The van der Waals surface area contributed by atoms with E-state index >= 15 is 0 Å². The molecular formula is C12H11NO2. The van der Waals surface area contributed by atoms with E-state index in [1.807, 2.05) is 24.3 Å². The minimum Gasteiger partial charge on any atom is -0.338 e. The summed E-state index contributed by atoms with van der Waals surface area (Å²) in [6.45, 7) is 0. The number of likely N-dealkylation sites (tertiary alicyclic amines) is 1. The van der Waals surface area contributed by atoms with Crippen LogP contribution in [0.15, 0.2) is 24.3 Å². The van der Waals surface area contributed by atoms with E-state index in [2.05, 4.69) is 0 Å². The molecule has 1 aromatic rings. The van der Waals surface area contributed by atoms with Gasteiger partial charge in [0.05, 0.1) is 12.0 Å². The molecule has 1 aliphatic heterocycles. The molecule has 0 aromatic heterocycles. The Morgan fingerprint density at radius 3 is 2.80 bits per heavy atom. The van der Waals surface area contributed by atoms with Gasteiger partial charge in [0.1, 0.15) is 0 Å². The highest BCUT2D eigenvalue weighted by Crippen LogP contribution is 2.45. The lowest BCUT2D eigenvalue weighted by molar-refractivity contribution is -0.127. The van der Waals surface area contributed by atoms with Crippen molar-refractivity contribution in [2.75, 3.05) is 7.05 Å². The second-order valence-electron chi connectivity index (χ2n) is 4.21. The molecule has 2 atom stereocenters. The third-order valence-electron chi connectivity index (χ3n) is 3.47. The quantitative estimate of drug-likeness (QED) is 0.636. The van der Waals surface area contributed by atoms with Crippen LogP contribution in [0.2, 0.25) is 0 Å². The first-order valence-electron chi connectivity index (χ1n) is 5.09. The summed E-state index contributed by atoms with van der Waals surface area (Å²) in [6.07, 6.45) is 0.370. The summed E-state index contributed by atoms with van der Waals surface area (Å²) < 4.78 is 0. The van der Waals surface area contributed by atoms with Crippen LogP contribution in [0, 0.1) is 5.92 Å². The number of carbonyl (C=O) groups is 2. The van der Waals surface area contributed by atoms with Gasteiger partial charge in [0.25, 0.3) is 0 Å². The normalized spacial score (nSPS) is 28.2. The second-order valence-corrected chi connectivity index (χ2v) is 4.21. The number of hydrogen-bond donors (Lipinski definition) is 0. The van der Waals surface area contributed by atoms with Crippen LogP contribution < -0.4 is 0 Å². The number of benzene rings is 1. The number of amides is 1. The lowest BCUT2D eigenvalue weighted by atomic mass is 10.0. The van der Waals surface area contributed by atoms with Crippen molar-refractivity contribution in [1.82, 2.24) is 4.90 Å². The van der Waals surface area contributed by atoms with Crippen molar-refractivity contribution >= 4 is 11.7 Å². The van der Waals surface area contributed by atoms with Crippen LogP contribution in [0.4, 0.5) is 0 Å². The highest BCUT2D eigenvalue weighted by atomic mass is 16.2. The van der Waals surface area contributed by atoms with E-state index < -0.39 is 0 Å². The van der Waals surface area contributed by atoms with Gasteiger partial charge in [-0.25, -0.2) is 0 Å². The summed E-state index contributed by atoms with van der Waals surface area (Å²) in [4.78, 5) is 25.2. The summed E-state index contributed by atoms with van der Waals surface area (Å²) in [6, 6.07) is 7.59. The average Bonchev–Trinajstić information content (AvgIpc) is 2.68. The minimum atomic E-state index is -0.139. The van der Waals surface area contributed by atoms with Gasteiger partial charge in [0, 0.05) is 19.0 Å². The number of fused-ring (bicyclic) bond motifs is 3. The largest absolute Gasteiger partial charge is 0.338 e. The molecule has 0 N–H and O–H groups in total. The maximum absolute atomic E-state index is 12.0. The average molecular weight is 201 g/mol. The molecule has 1 aromatic carbocycles. The van der Waals surface area contributed by atoms with Crippen molar-refractivity contribution in [2.45, 2.75) is 12.5 Å². The van der Waals surface area contributed by atoms with Gasteiger partial charge in [-0.15, -0.1) is 0 Å². The molecule has 3 nitrogen and oxygen atoms in total. The molecule has 1 heterocycles.